The first-order chi connectivity index (χ1) is 15.1. The highest BCUT2D eigenvalue weighted by Gasteiger charge is 2.19. The van der Waals surface area contributed by atoms with Gasteiger partial charge in [-0.3, -0.25) is 4.79 Å². The van der Waals surface area contributed by atoms with E-state index in [0.29, 0.717) is 66.6 Å². The maximum atomic E-state index is 12.5. The first-order valence-corrected chi connectivity index (χ1v) is 10.0. The van der Waals surface area contributed by atoms with Gasteiger partial charge in [0.15, 0.2) is 11.5 Å². The highest BCUT2D eigenvalue weighted by atomic mass is 16.6. The number of aromatic nitrogens is 3. The molecule has 9 nitrogen and oxygen atoms in total. The summed E-state index contributed by atoms with van der Waals surface area (Å²) in [5.41, 5.74) is 1.57. The van der Waals surface area contributed by atoms with E-state index in [0.717, 1.165) is 5.56 Å². The average molecular weight is 420 g/mol. The number of amides is 1. The Hall–Kier alpha value is -3.88. The second kappa shape index (κ2) is 9.29. The molecule has 3 aromatic rings. The van der Waals surface area contributed by atoms with Crippen molar-refractivity contribution in [3.8, 4) is 11.5 Å². The molecule has 0 saturated carbocycles. The van der Waals surface area contributed by atoms with Gasteiger partial charge < -0.3 is 25.4 Å². The molecule has 0 saturated heterocycles. The zero-order chi connectivity index (χ0) is 21.6. The molecule has 0 atom stereocenters. The lowest BCUT2D eigenvalue weighted by Crippen LogP contribution is -2.30. The molecule has 1 amide bonds. The number of hydrogen-bond donors (Lipinski definition) is 3. The second-order valence-corrected chi connectivity index (χ2v) is 7.04. The van der Waals surface area contributed by atoms with E-state index >= 15 is 0 Å². The molecule has 2 aromatic heterocycles. The summed E-state index contributed by atoms with van der Waals surface area (Å²) in [4.78, 5) is 25.6. The van der Waals surface area contributed by atoms with Crippen molar-refractivity contribution in [1.82, 2.24) is 20.3 Å². The Morgan fingerprint density at radius 2 is 1.84 bits per heavy atom. The molecular formula is C22H24N6O3. The van der Waals surface area contributed by atoms with E-state index in [1.54, 1.807) is 30.5 Å². The summed E-state index contributed by atoms with van der Waals surface area (Å²) in [7, 11) is 0. The van der Waals surface area contributed by atoms with Gasteiger partial charge in [-0.2, -0.15) is 0 Å². The number of rotatable bonds is 7. The SMILES string of the molecule is Cc1ccnc(Nc2cc(NCCNC(=O)c3cccc4c3OCCO4)nc(C)n2)c1. The van der Waals surface area contributed by atoms with Gasteiger partial charge >= 0.3 is 0 Å². The molecule has 0 radical (unpaired) electrons. The number of para-hydroxylation sites is 1. The van der Waals surface area contributed by atoms with Crippen LogP contribution in [0.3, 0.4) is 0 Å². The van der Waals surface area contributed by atoms with Crippen molar-refractivity contribution in [3.63, 3.8) is 0 Å². The minimum atomic E-state index is -0.212. The van der Waals surface area contributed by atoms with E-state index in [1.807, 2.05) is 26.0 Å². The molecule has 0 bridgehead atoms. The van der Waals surface area contributed by atoms with Gasteiger partial charge in [-0.25, -0.2) is 15.0 Å². The average Bonchev–Trinajstić information content (AvgIpc) is 2.76. The van der Waals surface area contributed by atoms with Crippen molar-refractivity contribution >= 4 is 23.4 Å². The molecule has 9 heteroatoms. The van der Waals surface area contributed by atoms with Crippen molar-refractivity contribution in [2.24, 2.45) is 0 Å². The first kappa shape index (κ1) is 20.4. The molecule has 1 aliphatic rings. The predicted octanol–water partition coefficient (Wildman–Crippen LogP) is 2.85. The summed E-state index contributed by atoms with van der Waals surface area (Å²) < 4.78 is 11.1. The van der Waals surface area contributed by atoms with Crippen molar-refractivity contribution < 1.29 is 14.3 Å². The van der Waals surface area contributed by atoms with Crippen LogP contribution in [0.4, 0.5) is 17.5 Å². The number of hydrogen-bond acceptors (Lipinski definition) is 8. The quantitative estimate of drug-likeness (QED) is 0.501. The molecule has 160 valence electrons. The summed E-state index contributed by atoms with van der Waals surface area (Å²) in [5.74, 6) is 3.51. The Morgan fingerprint density at radius 1 is 1.00 bits per heavy atom. The van der Waals surface area contributed by atoms with Gasteiger partial charge in [-0.1, -0.05) is 6.07 Å². The van der Waals surface area contributed by atoms with Gasteiger partial charge in [0, 0.05) is 25.4 Å². The molecule has 3 heterocycles. The van der Waals surface area contributed by atoms with Crippen molar-refractivity contribution in [2.75, 3.05) is 36.9 Å². The van der Waals surface area contributed by atoms with Crippen molar-refractivity contribution in [3.05, 3.63) is 59.5 Å². The highest BCUT2D eigenvalue weighted by Crippen LogP contribution is 2.33. The van der Waals surface area contributed by atoms with Gasteiger partial charge in [0.05, 0.1) is 5.56 Å². The van der Waals surface area contributed by atoms with Gasteiger partial charge in [0.2, 0.25) is 0 Å². The predicted molar refractivity (Wildman–Crippen MR) is 117 cm³/mol. The van der Waals surface area contributed by atoms with Crippen LogP contribution in [0, 0.1) is 13.8 Å². The molecule has 1 aromatic carbocycles. The zero-order valence-electron chi connectivity index (χ0n) is 17.4. The molecule has 0 unspecified atom stereocenters. The topological polar surface area (TPSA) is 110 Å². The van der Waals surface area contributed by atoms with E-state index in [4.69, 9.17) is 9.47 Å². The molecule has 0 spiro atoms. The number of anilines is 3. The largest absolute Gasteiger partial charge is 0.486 e. The van der Waals surface area contributed by atoms with Crippen LogP contribution in [0.5, 0.6) is 11.5 Å². The number of carbonyl (C=O) groups is 1. The Bertz CT molecular complexity index is 1090. The summed E-state index contributed by atoms with van der Waals surface area (Å²) in [6, 6.07) is 11.0. The number of pyridine rings is 1. The standard InChI is InChI=1S/C22H24N6O3/c1-14-6-7-23-18(12-14)28-20-13-19(26-15(2)27-20)24-8-9-25-22(29)16-4-3-5-17-21(16)31-11-10-30-17/h3-7,12-13H,8-11H2,1-2H3,(H,25,29)(H2,23,24,26,27,28). The minimum Gasteiger partial charge on any atom is -0.486 e. The lowest BCUT2D eigenvalue weighted by atomic mass is 10.1. The van der Waals surface area contributed by atoms with Crippen molar-refractivity contribution in [2.45, 2.75) is 13.8 Å². The van der Waals surface area contributed by atoms with Crippen molar-refractivity contribution in [1.29, 1.82) is 0 Å². The smallest absolute Gasteiger partial charge is 0.255 e. The lowest BCUT2D eigenvalue weighted by molar-refractivity contribution is 0.0944. The fourth-order valence-electron chi connectivity index (χ4n) is 3.17. The van der Waals surface area contributed by atoms with Crippen LogP contribution >= 0.6 is 0 Å². The first-order valence-electron chi connectivity index (χ1n) is 10.0. The minimum absolute atomic E-state index is 0.212. The van der Waals surface area contributed by atoms with E-state index in [9.17, 15) is 4.79 Å². The third-order valence-electron chi connectivity index (χ3n) is 4.54. The second-order valence-electron chi connectivity index (χ2n) is 7.04. The summed E-state index contributed by atoms with van der Waals surface area (Å²) in [5, 5.41) is 9.29. The van der Waals surface area contributed by atoms with Gasteiger partial charge in [-0.05, 0) is 43.7 Å². The van der Waals surface area contributed by atoms with Crippen LogP contribution in [-0.2, 0) is 0 Å². The fourth-order valence-corrected chi connectivity index (χ4v) is 3.17. The molecule has 0 aliphatic carbocycles. The number of fused-ring (bicyclic) bond motifs is 1. The van der Waals surface area contributed by atoms with Crippen LogP contribution in [-0.4, -0.2) is 47.2 Å². The molecule has 4 rings (SSSR count). The molecule has 31 heavy (non-hydrogen) atoms. The van der Waals surface area contributed by atoms with Crippen LogP contribution in [0.2, 0.25) is 0 Å². The summed E-state index contributed by atoms with van der Waals surface area (Å²) >= 11 is 0. The van der Waals surface area contributed by atoms with Gasteiger partial charge in [0.1, 0.15) is 36.5 Å². The van der Waals surface area contributed by atoms with Crippen LogP contribution in [0.15, 0.2) is 42.6 Å². The highest BCUT2D eigenvalue weighted by molar-refractivity contribution is 5.97. The Labute approximate surface area is 180 Å². The number of aryl methyl sites for hydroxylation is 2. The van der Waals surface area contributed by atoms with E-state index in [2.05, 4.69) is 30.9 Å². The number of ether oxygens (including phenoxy) is 2. The lowest BCUT2D eigenvalue weighted by Gasteiger charge is -2.20. The number of carbonyl (C=O) groups excluding carboxylic acids is 1. The fraction of sp³-hybridized carbons (Fsp3) is 0.273. The molecule has 0 fully saturated rings. The zero-order valence-corrected chi connectivity index (χ0v) is 17.4. The number of benzene rings is 1. The molecule has 1 aliphatic heterocycles. The van der Waals surface area contributed by atoms with E-state index in [1.165, 1.54) is 0 Å². The van der Waals surface area contributed by atoms with E-state index in [-0.39, 0.29) is 5.91 Å². The monoisotopic (exact) mass is 420 g/mol. The summed E-state index contributed by atoms with van der Waals surface area (Å²) in [6.45, 7) is 5.65. The normalized spacial score (nSPS) is 12.2. The molecular weight excluding hydrogens is 396 g/mol. The molecule has 3 N–H and O–H groups in total. The Kier molecular flexibility index (Phi) is 6.11. The maximum Gasteiger partial charge on any atom is 0.255 e. The number of nitrogens with one attached hydrogen (secondary N) is 3. The summed E-state index contributed by atoms with van der Waals surface area (Å²) in [6.07, 6.45) is 1.74. The van der Waals surface area contributed by atoms with Crippen LogP contribution < -0.4 is 25.4 Å². The van der Waals surface area contributed by atoms with Gasteiger partial charge in [-0.15, -0.1) is 0 Å². The third-order valence-corrected chi connectivity index (χ3v) is 4.54. The van der Waals surface area contributed by atoms with E-state index < -0.39 is 0 Å². The maximum absolute atomic E-state index is 12.5. The van der Waals surface area contributed by atoms with Crippen LogP contribution in [0.1, 0.15) is 21.7 Å². The Balaban J connectivity index is 1.33. The van der Waals surface area contributed by atoms with Crippen LogP contribution in [0.25, 0.3) is 0 Å². The van der Waals surface area contributed by atoms with Gasteiger partial charge in [0.25, 0.3) is 5.91 Å². The third kappa shape index (κ3) is 5.19. The number of nitrogens with zero attached hydrogens (tertiary/aromatic N) is 3. The Morgan fingerprint density at radius 3 is 2.71 bits per heavy atom.